The van der Waals surface area contributed by atoms with Gasteiger partial charge in [0.1, 0.15) is 0 Å². The normalized spacial score (nSPS) is 13.8. The van der Waals surface area contributed by atoms with Gasteiger partial charge in [-0.25, -0.2) is 0 Å². The van der Waals surface area contributed by atoms with Crippen LogP contribution in [0.25, 0.3) is 0 Å². The summed E-state index contributed by atoms with van der Waals surface area (Å²) in [5.74, 6) is 1.43. The Kier molecular flexibility index (Phi) is 7.41. The zero-order chi connectivity index (χ0) is 15.0. The van der Waals surface area contributed by atoms with Crippen molar-refractivity contribution in [3.63, 3.8) is 0 Å². The van der Waals surface area contributed by atoms with E-state index in [1.165, 1.54) is 0 Å². The van der Waals surface area contributed by atoms with Gasteiger partial charge in [0, 0.05) is 6.04 Å². The maximum Gasteiger partial charge on any atom is 0.161 e. The van der Waals surface area contributed by atoms with Crippen molar-refractivity contribution >= 4 is 0 Å². The quantitative estimate of drug-likeness (QED) is 0.730. The molecular formula is C16H27NO3. The fraction of sp³-hybridized carbons (Fsp3) is 0.625. The van der Waals surface area contributed by atoms with Crippen LogP contribution in [0.1, 0.15) is 51.7 Å². The summed E-state index contributed by atoms with van der Waals surface area (Å²) >= 11 is 0. The van der Waals surface area contributed by atoms with Gasteiger partial charge in [0.15, 0.2) is 11.5 Å². The second kappa shape index (κ2) is 8.82. The summed E-state index contributed by atoms with van der Waals surface area (Å²) in [7, 11) is 0. The van der Waals surface area contributed by atoms with E-state index < -0.39 is 6.10 Å². The largest absolute Gasteiger partial charge is 0.490 e. The third-order valence-corrected chi connectivity index (χ3v) is 2.87. The van der Waals surface area contributed by atoms with Crippen molar-refractivity contribution in [2.24, 2.45) is 5.73 Å². The van der Waals surface area contributed by atoms with E-state index in [4.69, 9.17) is 15.2 Å². The van der Waals surface area contributed by atoms with Crippen LogP contribution in [0.2, 0.25) is 0 Å². The predicted octanol–water partition coefficient (Wildman–Crippen LogP) is 3.03. The lowest BCUT2D eigenvalue weighted by molar-refractivity contribution is 0.159. The summed E-state index contributed by atoms with van der Waals surface area (Å²) in [6.45, 7) is 7.30. The summed E-state index contributed by atoms with van der Waals surface area (Å²) in [5, 5.41) is 10.1. The van der Waals surface area contributed by atoms with Crippen LogP contribution < -0.4 is 15.2 Å². The van der Waals surface area contributed by atoms with Crippen molar-refractivity contribution in [1.29, 1.82) is 0 Å². The van der Waals surface area contributed by atoms with Crippen molar-refractivity contribution in [3.05, 3.63) is 23.8 Å². The lowest BCUT2D eigenvalue weighted by atomic mass is 10.0. The second-order valence-corrected chi connectivity index (χ2v) is 5.13. The summed E-state index contributed by atoms with van der Waals surface area (Å²) in [6.07, 6.45) is 1.84. The van der Waals surface area contributed by atoms with Gasteiger partial charge < -0.3 is 20.3 Å². The third-order valence-electron chi connectivity index (χ3n) is 2.87. The number of aliphatic hydroxyl groups excluding tert-OH is 1. The summed E-state index contributed by atoms with van der Waals surface area (Å²) < 4.78 is 11.4. The molecule has 0 fully saturated rings. The molecule has 2 atom stereocenters. The standard InChI is InChI=1S/C16H27NO3/c1-4-8-19-15-7-6-13(14(18)10-12(3)17)11-16(15)20-9-5-2/h6-7,11-12,14,18H,4-5,8-10,17H2,1-3H3. The van der Waals surface area contributed by atoms with Crippen molar-refractivity contribution in [1.82, 2.24) is 0 Å². The second-order valence-electron chi connectivity index (χ2n) is 5.13. The molecule has 4 nitrogen and oxygen atoms in total. The molecule has 0 spiro atoms. The van der Waals surface area contributed by atoms with Crippen LogP contribution in [0.15, 0.2) is 18.2 Å². The van der Waals surface area contributed by atoms with Crippen molar-refractivity contribution in [2.45, 2.75) is 52.2 Å². The van der Waals surface area contributed by atoms with E-state index in [0.717, 1.165) is 24.2 Å². The van der Waals surface area contributed by atoms with Gasteiger partial charge in [-0.05, 0) is 43.9 Å². The van der Waals surface area contributed by atoms with Crippen LogP contribution in [0.5, 0.6) is 11.5 Å². The molecule has 114 valence electrons. The number of benzene rings is 1. The summed E-state index contributed by atoms with van der Waals surface area (Å²) in [4.78, 5) is 0. The van der Waals surface area contributed by atoms with Gasteiger partial charge >= 0.3 is 0 Å². The monoisotopic (exact) mass is 281 g/mol. The van der Waals surface area contributed by atoms with Gasteiger partial charge in [-0.15, -0.1) is 0 Å². The summed E-state index contributed by atoms with van der Waals surface area (Å²) in [6, 6.07) is 5.55. The maximum absolute atomic E-state index is 10.1. The fourth-order valence-corrected chi connectivity index (χ4v) is 1.88. The molecule has 1 aromatic rings. The molecule has 0 aliphatic rings. The first kappa shape index (κ1) is 16.8. The predicted molar refractivity (Wildman–Crippen MR) is 81.2 cm³/mol. The molecule has 20 heavy (non-hydrogen) atoms. The molecule has 0 aliphatic carbocycles. The highest BCUT2D eigenvalue weighted by Crippen LogP contribution is 2.32. The average molecular weight is 281 g/mol. The molecule has 0 aliphatic heterocycles. The lowest BCUT2D eigenvalue weighted by Crippen LogP contribution is -2.18. The van der Waals surface area contributed by atoms with E-state index in [0.29, 0.717) is 25.4 Å². The molecule has 0 bridgehead atoms. The minimum absolute atomic E-state index is 0.0407. The Labute approximate surface area is 121 Å². The molecule has 0 heterocycles. The van der Waals surface area contributed by atoms with Crippen LogP contribution in [-0.4, -0.2) is 24.4 Å². The van der Waals surface area contributed by atoms with Gasteiger partial charge in [-0.1, -0.05) is 19.9 Å². The Bertz CT molecular complexity index is 393. The Hall–Kier alpha value is -1.26. The van der Waals surface area contributed by atoms with E-state index in [2.05, 4.69) is 13.8 Å². The minimum Gasteiger partial charge on any atom is -0.490 e. The Balaban J connectivity index is 2.87. The van der Waals surface area contributed by atoms with Crippen LogP contribution in [0.4, 0.5) is 0 Å². The molecule has 1 aromatic carbocycles. The van der Waals surface area contributed by atoms with E-state index in [1.54, 1.807) is 0 Å². The van der Waals surface area contributed by atoms with E-state index >= 15 is 0 Å². The fourth-order valence-electron chi connectivity index (χ4n) is 1.88. The highest BCUT2D eigenvalue weighted by molar-refractivity contribution is 5.43. The average Bonchev–Trinajstić information content (AvgIpc) is 2.42. The topological polar surface area (TPSA) is 64.7 Å². The van der Waals surface area contributed by atoms with E-state index in [9.17, 15) is 5.11 Å². The molecule has 0 saturated carbocycles. The molecule has 1 rings (SSSR count). The smallest absolute Gasteiger partial charge is 0.161 e. The maximum atomic E-state index is 10.1. The summed E-state index contributed by atoms with van der Waals surface area (Å²) in [5.41, 5.74) is 6.55. The molecule has 0 saturated heterocycles. The SMILES string of the molecule is CCCOc1ccc(C(O)CC(C)N)cc1OCCC. The highest BCUT2D eigenvalue weighted by atomic mass is 16.5. The first-order chi connectivity index (χ1) is 9.58. The number of rotatable bonds is 9. The van der Waals surface area contributed by atoms with Gasteiger partial charge in [-0.3, -0.25) is 0 Å². The third kappa shape index (κ3) is 5.39. The zero-order valence-electron chi connectivity index (χ0n) is 12.8. The van der Waals surface area contributed by atoms with E-state index in [-0.39, 0.29) is 6.04 Å². The van der Waals surface area contributed by atoms with Crippen LogP contribution in [0, 0.1) is 0 Å². The number of aliphatic hydroxyl groups is 1. The molecule has 0 aromatic heterocycles. The number of hydrogen-bond acceptors (Lipinski definition) is 4. The van der Waals surface area contributed by atoms with Crippen LogP contribution in [-0.2, 0) is 0 Å². The first-order valence-electron chi connectivity index (χ1n) is 7.41. The van der Waals surface area contributed by atoms with Crippen LogP contribution >= 0.6 is 0 Å². The molecule has 3 N–H and O–H groups in total. The number of ether oxygens (including phenoxy) is 2. The van der Waals surface area contributed by atoms with Crippen molar-refractivity contribution < 1.29 is 14.6 Å². The lowest BCUT2D eigenvalue weighted by Gasteiger charge is -2.17. The molecular weight excluding hydrogens is 254 g/mol. The molecule has 4 heteroatoms. The Morgan fingerprint density at radius 2 is 1.70 bits per heavy atom. The van der Waals surface area contributed by atoms with Gasteiger partial charge in [0.2, 0.25) is 0 Å². The minimum atomic E-state index is -0.570. The molecule has 0 radical (unpaired) electrons. The van der Waals surface area contributed by atoms with Crippen molar-refractivity contribution in [2.75, 3.05) is 13.2 Å². The first-order valence-corrected chi connectivity index (χ1v) is 7.41. The Morgan fingerprint density at radius 1 is 1.10 bits per heavy atom. The van der Waals surface area contributed by atoms with E-state index in [1.807, 2.05) is 25.1 Å². The van der Waals surface area contributed by atoms with Crippen LogP contribution in [0.3, 0.4) is 0 Å². The number of hydrogen-bond donors (Lipinski definition) is 2. The molecule has 2 unspecified atom stereocenters. The van der Waals surface area contributed by atoms with Gasteiger partial charge in [-0.2, -0.15) is 0 Å². The molecule has 0 amide bonds. The van der Waals surface area contributed by atoms with Gasteiger partial charge in [0.25, 0.3) is 0 Å². The highest BCUT2D eigenvalue weighted by Gasteiger charge is 2.14. The van der Waals surface area contributed by atoms with Gasteiger partial charge in [0.05, 0.1) is 19.3 Å². The van der Waals surface area contributed by atoms with Crippen molar-refractivity contribution in [3.8, 4) is 11.5 Å². The number of nitrogens with two attached hydrogens (primary N) is 1. The zero-order valence-corrected chi connectivity index (χ0v) is 12.8. The Morgan fingerprint density at radius 3 is 2.25 bits per heavy atom.